The van der Waals surface area contributed by atoms with E-state index in [2.05, 4.69) is 5.32 Å². The van der Waals surface area contributed by atoms with E-state index in [1.54, 1.807) is 6.92 Å². The van der Waals surface area contributed by atoms with Gasteiger partial charge in [-0.3, -0.25) is 9.59 Å². The maximum atomic E-state index is 11.8. The first-order chi connectivity index (χ1) is 6.96. The van der Waals surface area contributed by atoms with E-state index in [-0.39, 0.29) is 5.91 Å². The first kappa shape index (κ1) is 12.0. The van der Waals surface area contributed by atoms with Crippen molar-refractivity contribution in [2.45, 2.75) is 50.6 Å². The van der Waals surface area contributed by atoms with E-state index in [1.165, 1.54) is 0 Å². The second-order valence-corrected chi connectivity index (χ2v) is 4.31. The maximum Gasteiger partial charge on any atom is 0.240 e. The first-order valence-corrected chi connectivity index (χ1v) is 5.35. The third kappa shape index (κ3) is 2.92. The molecule has 0 aliphatic heterocycles. The highest BCUT2D eigenvalue weighted by atomic mass is 16.2. The molecule has 0 bridgehead atoms. The van der Waals surface area contributed by atoms with Crippen LogP contribution in [-0.4, -0.2) is 23.4 Å². The van der Waals surface area contributed by atoms with Crippen LogP contribution in [0.4, 0.5) is 0 Å². The molecule has 0 radical (unpaired) electrons. The Labute approximate surface area is 89.6 Å². The molecule has 1 unspecified atom stereocenters. The summed E-state index contributed by atoms with van der Waals surface area (Å²) in [6, 6.07) is -0.653. The minimum Gasteiger partial charge on any atom is -0.368 e. The van der Waals surface area contributed by atoms with Gasteiger partial charge in [-0.05, 0) is 19.8 Å². The molecule has 15 heavy (non-hydrogen) atoms. The van der Waals surface area contributed by atoms with Crippen LogP contribution in [0.3, 0.4) is 0 Å². The van der Waals surface area contributed by atoms with Gasteiger partial charge in [0.15, 0.2) is 0 Å². The number of primary amides is 1. The van der Waals surface area contributed by atoms with Crippen molar-refractivity contribution >= 4 is 11.8 Å². The molecule has 0 saturated heterocycles. The van der Waals surface area contributed by atoms with Gasteiger partial charge < -0.3 is 16.8 Å². The lowest BCUT2D eigenvalue weighted by atomic mass is 9.82. The Morgan fingerprint density at radius 2 is 1.80 bits per heavy atom. The Hall–Kier alpha value is -1.10. The van der Waals surface area contributed by atoms with Crippen molar-refractivity contribution in [1.82, 2.24) is 5.32 Å². The highest BCUT2D eigenvalue weighted by Gasteiger charge is 2.36. The van der Waals surface area contributed by atoms with Gasteiger partial charge >= 0.3 is 0 Å². The number of hydrogen-bond acceptors (Lipinski definition) is 3. The third-order valence-electron chi connectivity index (χ3n) is 2.97. The van der Waals surface area contributed by atoms with Crippen LogP contribution in [0.1, 0.15) is 39.0 Å². The van der Waals surface area contributed by atoms with Gasteiger partial charge in [0.2, 0.25) is 11.8 Å². The molecule has 1 aliphatic carbocycles. The molecule has 1 rings (SSSR count). The number of nitrogens with one attached hydrogen (secondary N) is 1. The van der Waals surface area contributed by atoms with Crippen LogP contribution in [0.15, 0.2) is 0 Å². The molecule has 2 amide bonds. The van der Waals surface area contributed by atoms with E-state index in [0.717, 1.165) is 19.3 Å². The normalized spacial score (nSPS) is 21.7. The van der Waals surface area contributed by atoms with Gasteiger partial charge in [0, 0.05) is 0 Å². The molecule has 1 atom stereocenters. The second-order valence-electron chi connectivity index (χ2n) is 4.31. The summed E-state index contributed by atoms with van der Waals surface area (Å²) >= 11 is 0. The predicted molar refractivity (Wildman–Crippen MR) is 56.8 cm³/mol. The van der Waals surface area contributed by atoms with Gasteiger partial charge in [-0.1, -0.05) is 19.3 Å². The Bertz CT molecular complexity index is 259. The number of carbonyl (C=O) groups excluding carboxylic acids is 2. The van der Waals surface area contributed by atoms with E-state index in [9.17, 15) is 9.59 Å². The van der Waals surface area contributed by atoms with E-state index < -0.39 is 17.5 Å². The fraction of sp³-hybridized carbons (Fsp3) is 0.800. The van der Waals surface area contributed by atoms with Crippen molar-refractivity contribution in [3.63, 3.8) is 0 Å². The van der Waals surface area contributed by atoms with Gasteiger partial charge in [0.05, 0.1) is 5.54 Å². The zero-order valence-corrected chi connectivity index (χ0v) is 9.08. The summed E-state index contributed by atoms with van der Waals surface area (Å²) in [5, 5.41) is 2.55. The Kier molecular flexibility index (Phi) is 3.68. The molecule has 0 aromatic rings. The van der Waals surface area contributed by atoms with Crippen molar-refractivity contribution in [3.05, 3.63) is 0 Å². The van der Waals surface area contributed by atoms with E-state index in [0.29, 0.717) is 12.8 Å². The summed E-state index contributed by atoms with van der Waals surface area (Å²) in [5.74, 6) is -0.795. The second kappa shape index (κ2) is 4.61. The molecule has 1 aliphatic rings. The van der Waals surface area contributed by atoms with Crippen molar-refractivity contribution in [2.75, 3.05) is 0 Å². The van der Waals surface area contributed by atoms with Gasteiger partial charge in [-0.25, -0.2) is 0 Å². The highest BCUT2D eigenvalue weighted by molar-refractivity contribution is 5.91. The van der Waals surface area contributed by atoms with Crippen LogP contribution in [-0.2, 0) is 9.59 Å². The molecule has 0 aromatic heterocycles. The van der Waals surface area contributed by atoms with Crippen LogP contribution in [0.5, 0.6) is 0 Å². The van der Waals surface area contributed by atoms with Gasteiger partial charge in [0.25, 0.3) is 0 Å². The fourth-order valence-electron chi connectivity index (χ4n) is 1.82. The SMILES string of the molecule is CC(NC(=O)C1(N)CCCCC1)C(N)=O. The van der Waals surface area contributed by atoms with Crippen molar-refractivity contribution < 1.29 is 9.59 Å². The van der Waals surface area contributed by atoms with E-state index in [1.807, 2.05) is 0 Å². The number of hydrogen-bond donors (Lipinski definition) is 3. The third-order valence-corrected chi connectivity index (χ3v) is 2.97. The maximum absolute atomic E-state index is 11.8. The predicted octanol–water partition coefficient (Wildman–Crippen LogP) is -0.362. The number of rotatable bonds is 3. The van der Waals surface area contributed by atoms with Crippen LogP contribution in [0, 0.1) is 0 Å². The monoisotopic (exact) mass is 213 g/mol. The van der Waals surface area contributed by atoms with Gasteiger partial charge in [0.1, 0.15) is 6.04 Å². The molecule has 5 N–H and O–H groups in total. The molecule has 0 spiro atoms. The van der Waals surface area contributed by atoms with Gasteiger partial charge in [-0.2, -0.15) is 0 Å². The largest absolute Gasteiger partial charge is 0.368 e. The van der Waals surface area contributed by atoms with Gasteiger partial charge in [-0.15, -0.1) is 0 Å². The average Bonchev–Trinajstić information content (AvgIpc) is 2.18. The van der Waals surface area contributed by atoms with Crippen molar-refractivity contribution in [3.8, 4) is 0 Å². The van der Waals surface area contributed by atoms with Crippen LogP contribution in [0.25, 0.3) is 0 Å². The van der Waals surface area contributed by atoms with Crippen molar-refractivity contribution in [1.29, 1.82) is 0 Å². The Morgan fingerprint density at radius 1 is 1.27 bits per heavy atom. The standard InChI is InChI=1S/C10H19N3O2/c1-7(8(11)14)13-9(15)10(12)5-3-2-4-6-10/h7H,2-6,12H2,1H3,(H2,11,14)(H,13,15). The van der Waals surface area contributed by atoms with E-state index >= 15 is 0 Å². The molecule has 5 nitrogen and oxygen atoms in total. The zero-order valence-electron chi connectivity index (χ0n) is 9.08. The summed E-state index contributed by atoms with van der Waals surface area (Å²) in [6.45, 7) is 1.56. The highest BCUT2D eigenvalue weighted by Crippen LogP contribution is 2.25. The summed E-state index contributed by atoms with van der Waals surface area (Å²) in [4.78, 5) is 22.6. The summed E-state index contributed by atoms with van der Waals surface area (Å²) in [5.41, 5.74) is 10.2. The molecular weight excluding hydrogens is 194 g/mol. The summed E-state index contributed by atoms with van der Waals surface area (Å²) < 4.78 is 0. The molecule has 1 fully saturated rings. The minimum atomic E-state index is -0.804. The summed E-state index contributed by atoms with van der Waals surface area (Å²) in [6.07, 6.45) is 4.43. The molecule has 1 saturated carbocycles. The zero-order chi connectivity index (χ0) is 11.5. The Balaban J connectivity index is 2.55. The number of amides is 2. The lowest BCUT2D eigenvalue weighted by Gasteiger charge is -2.32. The molecule has 5 heteroatoms. The van der Waals surface area contributed by atoms with E-state index in [4.69, 9.17) is 11.5 Å². The summed E-state index contributed by atoms with van der Waals surface area (Å²) in [7, 11) is 0. The minimum absolute atomic E-state index is 0.256. The lowest BCUT2D eigenvalue weighted by molar-refractivity contribution is -0.131. The molecule has 0 aromatic carbocycles. The number of nitrogens with two attached hydrogens (primary N) is 2. The first-order valence-electron chi connectivity index (χ1n) is 5.35. The molecule has 86 valence electrons. The molecular formula is C10H19N3O2. The lowest BCUT2D eigenvalue weighted by Crippen LogP contribution is -2.58. The number of carbonyl (C=O) groups is 2. The average molecular weight is 213 g/mol. The molecule has 0 heterocycles. The van der Waals surface area contributed by atoms with Crippen molar-refractivity contribution in [2.24, 2.45) is 11.5 Å². The van der Waals surface area contributed by atoms with Crippen LogP contribution < -0.4 is 16.8 Å². The topological polar surface area (TPSA) is 98.2 Å². The smallest absolute Gasteiger partial charge is 0.240 e. The van der Waals surface area contributed by atoms with Crippen LogP contribution >= 0.6 is 0 Å². The van der Waals surface area contributed by atoms with Crippen LogP contribution in [0.2, 0.25) is 0 Å². The quantitative estimate of drug-likeness (QED) is 0.597. The fourth-order valence-corrected chi connectivity index (χ4v) is 1.82. The Morgan fingerprint density at radius 3 is 2.27 bits per heavy atom.